The molecule has 0 N–H and O–H groups in total. The lowest BCUT2D eigenvalue weighted by molar-refractivity contribution is 0.595. The third-order valence-electron chi connectivity index (χ3n) is 9.17. The molecule has 0 spiro atoms. The van der Waals surface area contributed by atoms with E-state index in [-0.39, 0.29) is 0 Å². The minimum absolute atomic E-state index is 0.913. The normalized spacial score (nSPS) is 12.3. The van der Waals surface area contributed by atoms with E-state index in [4.69, 9.17) is 4.42 Å². The fraction of sp³-hybridized carbons (Fsp3) is 0.0455. The van der Waals surface area contributed by atoms with Crippen molar-refractivity contribution in [2.45, 2.75) is 12.8 Å². The van der Waals surface area contributed by atoms with Crippen LogP contribution in [-0.2, 0) is 6.42 Å². The minimum Gasteiger partial charge on any atom is -0.455 e. The van der Waals surface area contributed by atoms with Gasteiger partial charge in [0, 0.05) is 49.8 Å². The number of fused-ring (bicyclic) bond motifs is 4. The van der Waals surface area contributed by atoms with E-state index in [1.54, 1.807) is 0 Å². The zero-order valence-electron chi connectivity index (χ0n) is 25.2. The second kappa shape index (κ2) is 10.8. The van der Waals surface area contributed by atoms with Gasteiger partial charge in [0.1, 0.15) is 11.5 Å². The Balaban J connectivity index is 1.41. The van der Waals surface area contributed by atoms with Gasteiger partial charge in [-0.3, -0.25) is 0 Å². The Bertz CT molecular complexity index is 2390. The van der Waals surface area contributed by atoms with Crippen LogP contribution in [0.15, 0.2) is 150 Å². The molecule has 2 heterocycles. The van der Waals surface area contributed by atoms with Crippen LogP contribution < -0.4 is 0 Å². The quantitative estimate of drug-likeness (QED) is 0.196. The van der Waals surface area contributed by atoms with Gasteiger partial charge in [0.15, 0.2) is 0 Å². The van der Waals surface area contributed by atoms with E-state index >= 15 is 0 Å². The molecule has 2 aromatic heterocycles. The lowest BCUT2D eigenvalue weighted by atomic mass is 9.88. The van der Waals surface area contributed by atoms with Crippen molar-refractivity contribution in [2.24, 2.45) is 0 Å². The molecule has 0 amide bonds. The smallest absolute Gasteiger partial charge is 0.142 e. The van der Waals surface area contributed by atoms with Gasteiger partial charge in [0.05, 0.1) is 11.0 Å². The Kier molecular flexibility index (Phi) is 6.21. The van der Waals surface area contributed by atoms with Gasteiger partial charge in [0.2, 0.25) is 0 Å². The van der Waals surface area contributed by atoms with E-state index in [1.165, 1.54) is 33.0 Å². The molecule has 46 heavy (non-hydrogen) atoms. The van der Waals surface area contributed by atoms with Gasteiger partial charge in [0.25, 0.3) is 0 Å². The van der Waals surface area contributed by atoms with E-state index in [0.717, 1.165) is 63.4 Å². The van der Waals surface area contributed by atoms with Crippen LogP contribution in [0.4, 0.5) is 0 Å². The fourth-order valence-corrected chi connectivity index (χ4v) is 7.17. The molecule has 0 aliphatic heterocycles. The van der Waals surface area contributed by atoms with Crippen molar-refractivity contribution < 1.29 is 4.42 Å². The molecule has 1 aliphatic rings. The summed E-state index contributed by atoms with van der Waals surface area (Å²) in [6, 6.07) is 55.7. The number of furan rings is 1. The zero-order chi connectivity index (χ0) is 30.5. The van der Waals surface area contributed by atoms with Gasteiger partial charge in [-0.05, 0) is 60.4 Å². The number of hydrogen-bond donors (Lipinski definition) is 0. The molecule has 8 aromatic rings. The number of rotatable bonds is 5. The third-order valence-corrected chi connectivity index (χ3v) is 9.17. The van der Waals surface area contributed by atoms with Gasteiger partial charge < -0.3 is 8.98 Å². The average Bonchev–Trinajstić information content (AvgIpc) is 3.69. The minimum atomic E-state index is 0.913. The Labute approximate surface area is 268 Å². The van der Waals surface area contributed by atoms with Crippen molar-refractivity contribution in [2.75, 3.05) is 0 Å². The van der Waals surface area contributed by atoms with Crippen LogP contribution in [0, 0.1) is 12.1 Å². The van der Waals surface area contributed by atoms with Crippen molar-refractivity contribution >= 4 is 27.9 Å². The number of para-hydroxylation sites is 2. The highest BCUT2D eigenvalue weighted by Crippen LogP contribution is 2.49. The summed E-state index contributed by atoms with van der Waals surface area (Å²) in [5.41, 5.74) is 12.5. The van der Waals surface area contributed by atoms with Gasteiger partial charge in [-0.2, -0.15) is 0 Å². The first-order valence-electron chi connectivity index (χ1n) is 15.8. The summed E-state index contributed by atoms with van der Waals surface area (Å²) in [6.45, 7) is 0. The highest BCUT2D eigenvalue weighted by atomic mass is 16.3. The molecule has 0 bridgehead atoms. The molecule has 2 heteroatoms. The van der Waals surface area contributed by atoms with Crippen LogP contribution in [0.3, 0.4) is 0 Å². The molecule has 216 valence electrons. The summed E-state index contributed by atoms with van der Waals surface area (Å²) < 4.78 is 9.63. The van der Waals surface area contributed by atoms with Crippen LogP contribution in [0.2, 0.25) is 0 Å². The molecule has 2 nitrogen and oxygen atoms in total. The monoisotopic (exact) mass is 587 g/mol. The van der Waals surface area contributed by atoms with E-state index in [0.29, 0.717) is 0 Å². The third kappa shape index (κ3) is 4.14. The predicted octanol–water partition coefficient (Wildman–Crippen LogP) is 11.6. The van der Waals surface area contributed by atoms with Crippen molar-refractivity contribution in [3.8, 4) is 50.6 Å². The molecule has 0 saturated carbocycles. The first-order valence-corrected chi connectivity index (χ1v) is 15.8. The summed E-state index contributed by atoms with van der Waals surface area (Å²) >= 11 is 0. The largest absolute Gasteiger partial charge is 0.455 e. The Morgan fingerprint density at radius 2 is 1.37 bits per heavy atom. The van der Waals surface area contributed by atoms with Crippen molar-refractivity contribution in [3.05, 3.63) is 169 Å². The lowest BCUT2D eigenvalue weighted by Gasteiger charge is -2.13. The number of allylic oxidation sites excluding steroid dienone is 1. The molecular weight excluding hydrogens is 558 g/mol. The Morgan fingerprint density at radius 1 is 0.609 bits per heavy atom. The topological polar surface area (TPSA) is 18.1 Å². The van der Waals surface area contributed by atoms with Gasteiger partial charge in [-0.25, -0.2) is 0 Å². The van der Waals surface area contributed by atoms with Crippen LogP contribution >= 0.6 is 0 Å². The number of hydrogen-bond acceptors (Lipinski definition) is 1. The SMILES string of the molecule is c1cccc(-c2ccc3c(c2-c2oc(-c4ccccc4-c4ccccc4)c4c2CCC=C4)c2ccccc2n3-c2ccccc2)c#1. The number of nitrogens with zero attached hydrogens (tertiary/aromatic N) is 1. The maximum Gasteiger partial charge on any atom is 0.142 e. The molecule has 1 aliphatic carbocycles. The summed E-state index contributed by atoms with van der Waals surface area (Å²) in [7, 11) is 0. The maximum atomic E-state index is 7.25. The van der Waals surface area contributed by atoms with Crippen LogP contribution in [0.5, 0.6) is 0 Å². The summed E-state index contributed by atoms with van der Waals surface area (Å²) in [5, 5.41) is 2.38. The Morgan fingerprint density at radius 3 is 2.20 bits per heavy atom. The lowest BCUT2D eigenvalue weighted by Crippen LogP contribution is -1.96. The zero-order valence-corrected chi connectivity index (χ0v) is 25.2. The average molecular weight is 588 g/mol. The highest BCUT2D eigenvalue weighted by Gasteiger charge is 2.29. The highest BCUT2D eigenvalue weighted by molar-refractivity contribution is 6.18. The van der Waals surface area contributed by atoms with Crippen LogP contribution in [-0.4, -0.2) is 4.57 Å². The Hall–Kier alpha value is -6.04. The molecule has 9 rings (SSSR count). The molecule has 0 fully saturated rings. The van der Waals surface area contributed by atoms with Crippen molar-refractivity contribution in [3.63, 3.8) is 0 Å². The molecule has 0 unspecified atom stereocenters. The second-order valence-corrected chi connectivity index (χ2v) is 11.8. The van der Waals surface area contributed by atoms with Crippen molar-refractivity contribution in [1.82, 2.24) is 4.57 Å². The van der Waals surface area contributed by atoms with Crippen molar-refractivity contribution in [1.29, 1.82) is 0 Å². The van der Waals surface area contributed by atoms with E-state index in [1.807, 2.05) is 12.1 Å². The summed E-state index contributed by atoms with van der Waals surface area (Å²) in [6.07, 6.45) is 6.43. The van der Waals surface area contributed by atoms with E-state index < -0.39 is 0 Å². The first kappa shape index (κ1) is 26.4. The maximum absolute atomic E-state index is 7.25. The molecule has 6 aromatic carbocycles. The van der Waals surface area contributed by atoms with Gasteiger partial charge in [-0.1, -0.05) is 127 Å². The molecular formula is C44H29NO. The second-order valence-electron chi connectivity index (χ2n) is 11.8. The van der Waals surface area contributed by atoms with E-state index in [9.17, 15) is 0 Å². The molecule has 0 radical (unpaired) electrons. The van der Waals surface area contributed by atoms with Crippen LogP contribution in [0.1, 0.15) is 17.5 Å². The standard InChI is InChI=1S/C44H29NO/c1-4-16-30(17-5-1)33-22-10-11-23-35(33)43-36-24-12-13-25-37(36)44(46-43)42-34(31-18-6-2-7-19-31)28-29-40-41(42)38-26-14-15-27-39(38)45(40)32-20-8-3-9-21-32/h1-6,8-12,14-18,20-24,26-29H,13,25H2. The van der Waals surface area contributed by atoms with Gasteiger partial charge >= 0.3 is 0 Å². The van der Waals surface area contributed by atoms with Crippen LogP contribution in [0.25, 0.3) is 78.5 Å². The van der Waals surface area contributed by atoms with Gasteiger partial charge in [-0.15, -0.1) is 0 Å². The predicted molar refractivity (Wildman–Crippen MR) is 190 cm³/mol. The first-order chi connectivity index (χ1) is 22.9. The molecule has 0 atom stereocenters. The molecule has 0 saturated heterocycles. The number of benzene rings is 5. The summed E-state index contributed by atoms with van der Waals surface area (Å²) in [4.78, 5) is 0. The van der Waals surface area contributed by atoms with E-state index in [2.05, 4.69) is 156 Å². The summed E-state index contributed by atoms with van der Waals surface area (Å²) in [5.74, 6) is 1.85. The fourth-order valence-electron chi connectivity index (χ4n) is 7.17. The number of aromatic nitrogens is 1.